The molecule has 3 unspecified atom stereocenters. The van der Waals surface area contributed by atoms with Crippen LogP contribution in [0.3, 0.4) is 0 Å². The molecule has 2 heterocycles. The minimum Gasteiger partial charge on any atom is -0.368 e. The van der Waals surface area contributed by atoms with Crippen molar-refractivity contribution < 1.29 is 31.6 Å². The van der Waals surface area contributed by atoms with Gasteiger partial charge in [-0.25, -0.2) is 4.79 Å². The monoisotopic (exact) mass is 398 g/mol. The van der Waals surface area contributed by atoms with Gasteiger partial charge in [-0.3, -0.25) is 14.1 Å². The third kappa shape index (κ3) is 4.02. The van der Waals surface area contributed by atoms with E-state index in [9.17, 15) is 22.8 Å². The molecular weight excluding hydrogens is 380 g/mol. The number of rotatable bonds is 6. The lowest BCUT2D eigenvalue weighted by molar-refractivity contribution is -0.130. The van der Waals surface area contributed by atoms with Crippen LogP contribution >= 0.6 is 0 Å². The highest BCUT2D eigenvalue weighted by Crippen LogP contribution is 2.31. The highest BCUT2D eigenvalue weighted by Gasteiger charge is 2.49. The summed E-state index contributed by atoms with van der Waals surface area (Å²) in [5, 5.41) is 3.08. The molecule has 12 heteroatoms. The number of hydrogen-bond donors (Lipinski definition) is 3. The summed E-state index contributed by atoms with van der Waals surface area (Å²) in [4.78, 5) is 37.9. The summed E-state index contributed by atoms with van der Waals surface area (Å²) in [5.74, 6) is -1.35. The Kier molecular flexibility index (Phi) is 5.04. The molecule has 2 aliphatic rings. The van der Waals surface area contributed by atoms with Gasteiger partial charge in [0.05, 0.1) is 6.04 Å². The van der Waals surface area contributed by atoms with Crippen molar-refractivity contribution >= 4 is 28.2 Å². The van der Waals surface area contributed by atoms with Crippen molar-refractivity contribution in [2.75, 3.05) is 6.54 Å². The maximum absolute atomic E-state index is 12.7. The van der Waals surface area contributed by atoms with Gasteiger partial charge in [0.2, 0.25) is 11.8 Å². The molecule has 0 aliphatic carbocycles. The molecule has 1 aromatic rings. The molecule has 4 N–H and O–H groups in total. The summed E-state index contributed by atoms with van der Waals surface area (Å²) in [6, 6.07) is 4.94. The Hall–Kier alpha value is -2.70. The minimum atomic E-state index is -4.87. The molecule has 146 valence electrons. The van der Waals surface area contributed by atoms with Crippen LogP contribution < -0.4 is 11.1 Å². The fourth-order valence-corrected chi connectivity index (χ4v) is 3.70. The highest BCUT2D eigenvalue weighted by molar-refractivity contribution is 7.80. The number of hydroxylamine groups is 2. The summed E-state index contributed by atoms with van der Waals surface area (Å²) in [5.41, 5.74) is 5.88. The number of hydrogen-bond acceptors (Lipinski definition) is 6. The van der Waals surface area contributed by atoms with E-state index in [-0.39, 0.29) is 19.4 Å². The predicted octanol–water partition coefficient (Wildman–Crippen LogP) is -0.668. The first-order valence-electron chi connectivity index (χ1n) is 8.09. The van der Waals surface area contributed by atoms with E-state index >= 15 is 0 Å². The van der Waals surface area contributed by atoms with Gasteiger partial charge in [-0.05, 0) is 18.4 Å². The molecule has 1 aromatic carbocycles. The largest absolute Gasteiger partial charge is 0.418 e. The van der Waals surface area contributed by atoms with Crippen LogP contribution in [0, 0.1) is 0 Å². The Morgan fingerprint density at radius 3 is 2.52 bits per heavy atom. The fraction of sp³-hybridized carbons (Fsp3) is 0.400. The summed E-state index contributed by atoms with van der Waals surface area (Å²) < 4.78 is 34.9. The molecule has 3 atom stereocenters. The number of benzene rings is 1. The van der Waals surface area contributed by atoms with E-state index in [4.69, 9.17) is 10.3 Å². The summed E-state index contributed by atoms with van der Waals surface area (Å²) in [7, 11) is -4.87. The Balaban J connectivity index is 1.74. The maximum Gasteiger partial charge on any atom is 0.418 e. The smallest absolute Gasteiger partial charge is 0.368 e. The van der Waals surface area contributed by atoms with E-state index in [0.29, 0.717) is 10.6 Å². The molecule has 3 rings (SSSR count). The van der Waals surface area contributed by atoms with Gasteiger partial charge in [0, 0.05) is 6.54 Å². The molecule has 0 saturated carbocycles. The van der Waals surface area contributed by atoms with E-state index < -0.39 is 46.4 Å². The number of nitrogens with two attached hydrogens (primary N) is 1. The second-order valence-corrected chi connectivity index (χ2v) is 7.27. The van der Waals surface area contributed by atoms with Crippen LogP contribution in [-0.2, 0) is 24.3 Å². The van der Waals surface area contributed by atoms with Gasteiger partial charge >= 0.3 is 16.4 Å². The Morgan fingerprint density at radius 1 is 1.26 bits per heavy atom. The van der Waals surface area contributed by atoms with Crippen molar-refractivity contribution in [3.63, 3.8) is 0 Å². The van der Waals surface area contributed by atoms with Crippen molar-refractivity contribution in [2.24, 2.45) is 5.73 Å². The lowest BCUT2D eigenvalue weighted by Gasteiger charge is -2.30. The van der Waals surface area contributed by atoms with Crippen LogP contribution in [0.15, 0.2) is 30.3 Å². The molecule has 27 heavy (non-hydrogen) atoms. The Morgan fingerprint density at radius 2 is 1.93 bits per heavy atom. The predicted molar refractivity (Wildman–Crippen MR) is 89.9 cm³/mol. The first kappa shape index (κ1) is 19.1. The van der Waals surface area contributed by atoms with E-state index in [1.807, 2.05) is 0 Å². The molecule has 4 amide bonds. The lowest BCUT2D eigenvalue weighted by atomic mass is 9.99. The van der Waals surface area contributed by atoms with Crippen molar-refractivity contribution in [3.8, 4) is 0 Å². The molecule has 11 nitrogen and oxygen atoms in total. The third-order valence-electron chi connectivity index (χ3n) is 4.50. The van der Waals surface area contributed by atoms with Crippen LogP contribution in [0.1, 0.15) is 24.4 Å². The molecule has 2 aliphatic heterocycles. The van der Waals surface area contributed by atoms with Gasteiger partial charge in [-0.2, -0.15) is 13.5 Å². The molecular formula is C15H18N4O7S. The van der Waals surface area contributed by atoms with Crippen molar-refractivity contribution in [1.29, 1.82) is 0 Å². The number of carbonyl (C=O) groups is 3. The van der Waals surface area contributed by atoms with Crippen molar-refractivity contribution in [3.05, 3.63) is 35.9 Å². The number of nitrogens with one attached hydrogen (secondary N) is 1. The Bertz CT molecular complexity index is 860. The summed E-state index contributed by atoms with van der Waals surface area (Å²) in [6.45, 7) is 0.0546. The average molecular weight is 398 g/mol. The molecule has 2 bridgehead atoms. The number of nitrogens with zero attached hydrogens (tertiary/aromatic N) is 2. The maximum atomic E-state index is 12.7. The molecule has 0 radical (unpaired) electrons. The number of primary amides is 1. The van der Waals surface area contributed by atoms with Gasteiger partial charge < -0.3 is 16.0 Å². The van der Waals surface area contributed by atoms with Crippen LogP contribution in [0.25, 0.3) is 0 Å². The standard InChI is InChI=1S/C15H18N4O7S/c16-13(20)12(9-4-2-1-3-5-9)17-14(21)11-7-6-10-8-18(11)15(22)19(10)26-27(23,24)25/h1-5,10-12H,6-8H2,(H2,16,20)(H,17,21)(H,23,24,25). The van der Waals surface area contributed by atoms with E-state index in [1.165, 1.54) is 0 Å². The number of piperidine rings is 1. The normalized spacial score (nSPS) is 23.2. The van der Waals surface area contributed by atoms with Gasteiger partial charge in [0.1, 0.15) is 12.1 Å². The zero-order chi connectivity index (χ0) is 19.8. The number of fused-ring (bicyclic) bond motifs is 2. The zero-order valence-corrected chi connectivity index (χ0v) is 14.8. The first-order valence-corrected chi connectivity index (χ1v) is 9.45. The van der Waals surface area contributed by atoms with E-state index in [0.717, 1.165) is 4.90 Å². The van der Waals surface area contributed by atoms with E-state index in [2.05, 4.69) is 9.60 Å². The SMILES string of the molecule is NC(=O)C(NC(=O)C1CCC2CN1C(=O)N2OS(=O)(=O)O)c1ccccc1. The van der Waals surface area contributed by atoms with Gasteiger partial charge in [0.25, 0.3) is 0 Å². The third-order valence-corrected chi connectivity index (χ3v) is 4.85. The summed E-state index contributed by atoms with van der Waals surface area (Å²) >= 11 is 0. The van der Waals surface area contributed by atoms with Crippen LogP contribution in [0.4, 0.5) is 4.79 Å². The van der Waals surface area contributed by atoms with Crippen LogP contribution in [0.2, 0.25) is 0 Å². The molecule has 2 saturated heterocycles. The molecule has 0 aromatic heterocycles. The lowest BCUT2D eigenvalue weighted by Crippen LogP contribution is -2.51. The average Bonchev–Trinajstić information content (AvgIpc) is 2.83. The number of amides is 4. The topological polar surface area (TPSA) is 159 Å². The molecule has 2 fully saturated rings. The zero-order valence-electron chi connectivity index (χ0n) is 14.0. The summed E-state index contributed by atoms with van der Waals surface area (Å²) in [6.07, 6.45) is 0.510. The first-order chi connectivity index (χ1) is 12.7. The second kappa shape index (κ2) is 7.13. The minimum absolute atomic E-state index is 0.0546. The number of carbonyl (C=O) groups excluding carboxylic acids is 3. The second-order valence-electron chi connectivity index (χ2n) is 6.26. The van der Waals surface area contributed by atoms with Gasteiger partial charge in [-0.1, -0.05) is 30.3 Å². The fourth-order valence-electron chi connectivity index (χ4n) is 3.31. The van der Waals surface area contributed by atoms with Crippen molar-refractivity contribution in [1.82, 2.24) is 15.3 Å². The van der Waals surface area contributed by atoms with Gasteiger partial charge in [-0.15, -0.1) is 4.28 Å². The van der Waals surface area contributed by atoms with Crippen molar-refractivity contribution in [2.45, 2.75) is 31.0 Å². The number of urea groups is 1. The van der Waals surface area contributed by atoms with Crippen LogP contribution in [-0.4, -0.2) is 59.4 Å². The molecule has 0 spiro atoms. The van der Waals surface area contributed by atoms with Crippen LogP contribution in [0.5, 0.6) is 0 Å². The van der Waals surface area contributed by atoms with Gasteiger partial charge in [0.15, 0.2) is 0 Å². The van der Waals surface area contributed by atoms with E-state index in [1.54, 1.807) is 30.3 Å². The highest BCUT2D eigenvalue weighted by atomic mass is 32.3. The Labute approximate surface area is 155 Å². The quantitative estimate of drug-likeness (QED) is 0.536.